The molecule has 1 aliphatic heterocycles. The largest absolute Gasteiger partial charge is 0.352 e. The van der Waals surface area contributed by atoms with Gasteiger partial charge in [0.25, 0.3) is 5.56 Å². The van der Waals surface area contributed by atoms with E-state index in [0.29, 0.717) is 24.7 Å². The van der Waals surface area contributed by atoms with Gasteiger partial charge in [0.05, 0.1) is 15.7 Å². The average molecular weight is 349 g/mol. The van der Waals surface area contributed by atoms with E-state index in [2.05, 4.69) is 4.98 Å². The predicted molar refractivity (Wildman–Crippen MR) is 92.1 cm³/mol. The lowest BCUT2D eigenvalue weighted by Gasteiger charge is -2.32. The van der Waals surface area contributed by atoms with Gasteiger partial charge in [-0.15, -0.1) is 0 Å². The second-order valence-corrected chi connectivity index (χ2v) is 7.50. The Labute approximate surface area is 142 Å². The Bertz CT molecular complexity index is 800. The number of anilines is 1. The maximum absolute atomic E-state index is 13.7. The molecule has 5 nitrogen and oxygen atoms in total. The highest BCUT2D eigenvalue weighted by atomic mass is 32.2. The van der Waals surface area contributed by atoms with Gasteiger partial charge in [0.2, 0.25) is 0 Å². The van der Waals surface area contributed by atoms with Crippen LogP contribution in [0.4, 0.5) is 10.2 Å². The first-order valence-electron chi connectivity index (χ1n) is 7.95. The molecule has 1 aliphatic rings. The molecule has 1 aromatic carbocycles. The Morgan fingerprint density at radius 2 is 2.00 bits per heavy atom. The normalized spacial score (nSPS) is 17.0. The third kappa shape index (κ3) is 3.56. The van der Waals surface area contributed by atoms with Crippen LogP contribution in [-0.4, -0.2) is 32.6 Å². The number of aryl methyl sites for hydroxylation is 1. The van der Waals surface area contributed by atoms with Crippen LogP contribution in [0.15, 0.2) is 46.3 Å². The molecular formula is C17H20FN3O2S. The molecule has 3 rings (SSSR count). The minimum atomic E-state index is -1.33. The molecule has 0 bridgehead atoms. The van der Waals surface area contributed by atoms with Crippen molar-refractivity contribution in [2.45, 2.75) is 17.7 Å². The Kier molecular flexibility index (Phi) is 5.08. The van der Waals surface area contributed by atoms with E-state index < -0.39 is 16.6 Å². The molecular weight excluding hydrogens is 329 g/mol. The summed E-state index contributed by atoms with van der Waals surface area (Å²) in [6.45, 7) is 1.40. The highest BCUT2D eigenvalue weighted by Crippen LogP contribution is 2.23. The zero-order valence-electron chi connectivity index (χ0n) is 13.5. The Morgan fingerprint density at radius 3 is 2.71 bits per heavy atom. The van der Waals surface area contributed by atoms with Crippen molar-refractivity contribution in [3.05, 3.63) is 52.8 Å². The van der Waals surface area contributed by atoms with E-state index in [-0.39, 0.29) is 16.4 Å². The lowest BCUT2D eigenvalue weighted by Crippen LogP contribution is -2.39. The highest BCUT2D eigenvalue weighted by molar-refractivity contribution is 7.85. The summed E-state index contributed by atoms with van der Waals surface area (Å²) in [5.74, 6) is 0.767. The number of piperidine rings is 1. The summed E-state index contributed by atoms with van der Waals surface area (Å²) in [4.78, 5) is 18.6. The summed E-state index contributed by atoms with van der Waals surface area (Å²) in [7, 11) is 0.375. The second-order valence-electron chi connectivity index (χ2n) is 6.04. The van der Waals surface area contributed by atoms with Crippen LogP contribution in [0.3, 0.4) is 0 Å². The Balaban J connectivity index is 1.61. The van der Waals surface area contributed by atoms with E-state index >= 15 is 0 Å². The quantitative estimate of drug-likeness (QED) is 0.847. The first kappa shape index (κ1) is 16.8. The van der Waals surface area contributed by atoms with E-state index in [1.165, 1.54) is 10.6 Å². The van der Waals surface area contributed by atoms with Crippen molar-refractivity contribution in [3.8, 4) is 0 Å². The zero-order chi connectivity index (χ0) is 17.1. The van der Waals surface area contributed by atoms with Gasteiger partial charge in [0.1, 0.15) is 5.82 Å². The van der Waals surface area contributed by atoms with Crippen LogP contribution in [0, 0.1) is 11.7 Å². The first-order chi connectivity index (χ1) is 11.6. The number of benzene rings is 1. The fourth-order valence-electron chi connectivity index (χ4n) is 2.95. The first-order valence-corrected chi connectivity index (χ1v) is 9.27. The number of hydrogen-bond donors (Lipinski definition) is 0. The maximum atomic E-state index is 13.7. The van der Waals surface area contributed by atoms with Crippen molar-refractivity contribution in [3.63, 3.8) is 0 Å². The molecule has 0 N–H and O–H groups in total. The molecule has 0 aliphatic carbocycles. The summed E-state index contributed by atoms with van der Waals surface area (Å²) in [6.07, 6.45) is 4.89. The van der Waals surface area contributed by atoms with Crippen LogP contribution in [0.2, 0.25) is 0 Å². The number of nitrogens with zero attached hydrogens (tertiary/aromatic N) is 3. The minimum Gasteiger partial charge on any atom is -0.352 e. The van der Waals surface area contributed by atoms with Crippen molar-refractivity contribution >= 4 is 16.6 Å². The van der Waals surface area contributed by atoms with Gasteiger partial charge in [-0.25, -0.2) is 9.37 Å². The summed E-state index contributed by atoms with van der Waals surface area (Å²) < 4.78 is 27.6. The van der Waals surface area contributed by atoms with E-state index in [1.807, 2.05) is 4.90 Å². The van der Waals surface area contributed by atoms with E-state index in [1.54, 1.807) is 37.6 Å². The third-order valence-corrected chi connectivity index (χ3v) is 5.98. The second kappa shape index (κ2) is 7.25. The number of halogens is 1. The van der Waals surface area contributed by atoms with Crippen LogP contribution < -0.4 is 10.5 Å². The summed E-state index contributed by atoms with van der Waals surface area (Å²) in [5.41, 5.74) is -0.106. The zero-order valence-corrected chi connectivity index (χ0v) is 14.3. The minimum absolute atomic E-state index is 0.106. The molecule has 1 fully saturated rings. The van der Waals surface area contributed by atoms with Crippen LogP contribution in [-0.2, 0) is 17.8 Å². The molecule has 24 heavy (non-hydrogen) atoms. The molecule has 1 saturated heterocycles. The van der Waals surface area contributed by atoms with Crippen LogP contribution >= 0.6 is 0 Å². The summed E-state index contributed by atoms with van der Waals surface area (Å²) in [6, 6.07) is 6.22. The van der Waals surface area contributed by atoms with Gasteiger partial charge in [-0.1, -0.05) is 12.1 Å². The predicted octanol–water partition coefficient (Wildman–Crippen LogP) is 1.94. The van der Waals surface area contributed by atoms with Gasteiger partial charge in [-0.3, -0.25) is 9.00 Å². The van der Waals surface area contributed by atoms with E-state index in [4.69, 9.17) is 0 Å². The highest BCUT2D eigenvalue weighted by Gasteiger charge is 2.24. The standard InChI is InChI=1S/C17H20FN3O2S/c1-20-11-8-19-16(17(20)22)21-9-6-13(7-10-21)12-24(23)15-5-3-2-4-14(15)18/h2-5,8,11,13H,6-7,9-10,12H2,1H3. The van der Waals surface area contributed by atoms with E-state index in [0.717, 1.165) is 12.8 Å². The summed E-state index contributed by atoms with van der Waals surface area (Å²) in [5, 5.41) is 0. The monoisotopic (exact) mass is 349 g/mol. The van der Waals surface area contributed by atoms with Crippen molar-refractivity contribution in [1.29, 1.82) is 0 Å². The van der Waals surface area contributed by atoms with Crippen molar-refractivity contribution < 1.29 is 8.60 Å². The molecule has 7 heteroatoms. The van der Waals surface area contributed by atoms with Crippen LogP contribution in [0.1, 0.15) is 12.8 Å². The van der Waals surface area contributed by atoms with Crippen molar-refractivity contribution in [1.82, 2.24) is 9.55 Å². The number of rotatable bonds is 4. The maximum Gasteiger partial charge on any atom is 0.293 e. The number of hydrogen-bond acceptors (Lipinski definition) is 4. The average Bonchev–Trinajstić information content (AvgIpc) is 2.58. The molecule has 1 unspecified atom stereocenters. The molecule has 0 amide bonds. The lowest BCUT2D eigenvalue weighted by molar-refractivity contribution is 0.438. The molecule has 0 radical (unpaired) electrons. The molecule has 0 saturated carbocycles. The van der Waals surface area contributed by atoms with Gasteiger partial charge in [0, 0.05) is 38.3 Å². The van der Waals surface area contributed by atoms with E-state index in [9.17, 15) is 13.4 Å². The Morgan fingerprint density at radius 1 is 1.29 bits per heavy atom. The lowest BCUT2D eigenvalue weighted by atomic mass is 9.99. The fourth-order valence-corrected chi connectivity index (χ4v) is 4.40. The smallest absolute Gasteiger partial charge is 0.293 e. The van der Waals surface area contributed by atoms with Gasteiger partial charge in [-0.2, -0.15) is 0 Å². The SMILES string of the molecule is Cn1ccnc(N2CCC(CS(=O)c3ccccc3F)CC2)c1=O. The summed E-state index contributed by atoms with van der Waals surface area (Å²) >= 11 is 0. The van der Waals surface area contributed by atoms with Gasteiger partial charge in [0.15, 0.2) is 5.82 Å². The fraction of sp³-hybridized carbons (Fsp3) is 0.412. The molecule has 2 aromatic rings. The molecule has 2 heterocycles. The molecule has 1 atom stereocenters. The third-order valence-electron chi connectivity index (χ3n) is 4.38. The molecule has 128 valence electrons. The van der Waals surface area contributed by atoms with Crippen LogP contribution in [0.5, 0.6) is 0 Å². The molecule has 0 spiro atoms. The van der Waals surface area contributed by atoms with Gasteiger partial charge >= 0.3 is 0 Å². The van der Waals surface area contributed by atoms with Crippen molar-refractivity contribution in [2.75, 3.05) is 23.7 Å². The number of aromatic nitrogens is 2. The van der Waals surface area contributed by atoms with Crippen molar-refractivity contribution in [2.24, 2.45) is 13.0 Å². The molecule has 1 aromatic heterocycles. The Hall–Kier alpha value is -2.02. The topological polar surface area (TPSA) is 55.2 Å². The van der Waals surface area contributed by atoms with Crippen LogP contribution in [0.25, 0.3) is 0 Å². The van der Waals surface area contributed by atoms with Gasteiger partial charge < -0.3 is 9.47 Å². The van der Waals surface area contributed by atoms with Gasteiger partial charge in [-0.05, 0) is 30.9 Å².